The number of aryl methyl sites for hydroxylation is 1. The Labute approximate surface area is 122 Å². The second-order valence-corrected chi connectivity index (χ2v) is 8.21. The molecule has 1 aromatic rings. The average molecular weight is 298 g/mol. The molecule has 0 radical (unpaired) electrons. The van der Waals surface area contributed by atoms with E-state index in [2.05, 4.69) is 16.8 Å². The van der Waals surface area contributed by atoms with E-state index in [0.29, 0.717) is 0 Å². The molecule has 19 heavy (non-hydrogen) atoms. The van der Waals surface area contributed by atoms with Crippen molar-refractivity contribution < 1.29 is 4.21 Å². The summed E-state index contributed by atoms with van der Waals surface area (Å²) >= 11 is 0. The van der Waals surface area contributed by atoms with E-state index in [0.717, 1.165) is 43.4 Å². The van der Waals surface area contributed by atoms with E-state index in [1.54, 1.807) is 10.8 Å². The minimum absolute atomic E-state index is 0.923. The zero-order valence-corrected chi connectivity index (χ0v) is 13.3. The second-order valence-electron chi connectivity index (χ2n) is 5.01. The van der Waals surface area contributed by atoms with Crippen LogP contribution < -0.4 is 0 Å². The van der Waals surface area contributed by atoms with Gasteiger partial charge in [0.25, 0.3) is 0 Å². The highest BCUT2D eigenvalue weighted by atomic mass is 33.1. The molecule has 1 unspecified atom stereocenters. The first-order chi connectivity index (χ1) is 9.15. The van der Waals surface area contributed by atoms with E-state index in [1.807, 2.05) is 31.2 Å². The Bertz CT molecular complexity index is 414. The van der Waals surface area contributed by atoms with Crippen molar-refractivity contribution in [2.45, 2.75) is 11.8 Å². The van der Waals surface area contributed by atoms with Gasteiger partial charge in [-0.05, 0) is 26.1 Å². The highest BCUT2D eigenvalue weighted by Gasteiger charge is 2.13. The van der Waals surface area contributed by atoms with E-state index in [4.69, 9.17) is 0 Å². The number of nitrogens with zero attached hydrogens (tertiary/aromatic N) is 2. The Kier molecular flexibility index (Phi) is 5.88. The molecule has 1 aliphatic heterocycles. The topological polar surface area (TPSA) is 23.6 Å². The molecule has 5 heteroatoms. The molecule has 2 rings (SSSR count). The maximum absolute atomic E-state index is 12.1. The van der Waals surface area contributed by atoms with Gasteiger partial charge in [-0.25, -0.2) is 4.21 Å². The SMILES string of the molecule is Cc1ccc(S(=O)SCCN2CCN(C)CC2)cc1. The van der Waals surface area contributed by atoms with Crippen molar-refractivity contribution in [3.8, 4) is 0 Å². The van der Waals surface area contributed by atoms with Crippen LogP contribution in [0.5, 0.6) is 0 Å². The number of likely N-dealkylation sites (N-methyl/N-ethyl adjacent to an activating group) is 1. The normalized spacial score (nSPS) is 19.5. The van der Waals surface area contributed by atoms with Crippen molar-refractivity contribution in [3.05, 3.63) is 29.8 Å². The third-order valence-electron chi connectivity index (χ3n) is 3.41. The first-order valence-corrected chi connectivity index (χ1v) is 9.33. The van der Waals surface area contributed by atoms with Gasteiger partial charge < -0.3 is 4.90 Å². The molecule has 0 spiro atoms. The molecule has 0 saturated carbocycles. The predicted molar refractivity (Wildman–Crippen MR) is 84.0 cm³/mol. The summed E-state index contributed by atoms with van der Waals surface area (Å²) in [6.07, 6.45) is 0. The van der Waals surface area contributed by atoms with Crippen LogP contribution in [0.1, 0.15) is 5.56 Å². The molecule has 1 fully saturated rings. The summed E-state index contributed by atoms with van der Waals surface area (Å²) in [5.41, 5.74) is 1.21. The Morgan fingerprint density at radius 1 is 1.16 bits per heavy atom. The van der Waals surface area contributed by atoms with E-state index >= 15 is 0 Å². The number of piperazine rings is 1. The molecule has 0 aliphatic carbocycles. The quantitative estimate of drug-likeness (QED) is 0.776. The van der Waals surface area contributed by atoms with Crippen LogP contribution in [0.4, 0.5) is 0 Å². The zero-order valence-electron chi connectivity index (χ0n) is 11.7. The summed E-state index contributed by atoms with van der Waals surface area (Å²) in [6, 6.07) is 7.98. The molecular formula is C14H22N2OS2. The lowest BCUT2D eigenvalue weighted by Gasteiger charge is -2.32. The standard InChI is InChI=1S/C14H22N2OS2/c1-13-3-5-14(6-4-13)19(17)18-12-11-16-9-7-15(2)8-10-16/h3-6H,7-12H2,1-2H3. The number of hydrogen-bond acceptors (Lipinski definition) is 4. The summed E-state index contributed by atoms with van der Waals surface area (Å²) in [4.78, 5) is 5.74. The van der Waals surface area contributed by atoms with Crippen molar-refractivity contribution in [1.29, 1.82) is 0 Å². The lowest BCUT2D eigenvalue weighted by atomic mass is 10.2. The molecule has 3 nitrogen and oxygen atoms in total. The summed E-state index contributed by atoms with van der Waals surface area (Å²) in [5.74, 6) is 0.935. The maximum atomic E-state index is 12.1. The van der Waals surface area contributed by atoms with Crippen LogP contribution in [0.2, 0.25) is 0 Å². The first kappa shape index (κ1) is 15.0. The fourth-order valence-corrected chi connectivity index (χ4v) is 4.43. The van der Waals surface area contributed by atoms with Gasteiger partial charge in [0.1, 0.15) is 9.83 Å². The zero-order chi connectivity index (χ0) is 13.7. The van der Waals surface area contributed by atoms with E-state index in [-0.39, 0.29) is 0 Å². The molecule has 0 amide bonds. The lowest BCUT2D eigenvalue weighted by molar-refractivity contribution is 0.161. The van der Waals surface area contributed by atoms with Gasteiger partial charge in [0, 0.05) is 43.4 Å². The molecule has 1 atom stereocenters. The van der Waals surface area contributed by atoms with Gasteiger partial charge in [-0.2, -0.15) is 0 Å². The van der Waals surface area contributed by atoms with Crippen LogP contribution in [0.25, 0.3) is 0 Å². The fourth-order valence-electron chi connectivity index (χ4n) is 2.03. The van der Waals surface area contributed by atoms with E-state index in [9.17, 15) is 4.21 Å². The molecule has 1 heterocycles. The van der Waals surface area contributed by atoms with Crippen molar-refractivity contribution in [1.82, 2.24) is 9.80 Å². The van der Waals surface area contributed by atoms with Crippen molar-refractivity contribution >= 4 is 20.6 Å². The Morgan fingerprint density at radius 2 is 1.79 bits per heavy atom. The second kappa shape index (κ2) is 7.43. The summed E-state index contributed by atoms with van der Waals surface area (Å²) in [6.45, 7) is 7.64. The first-order valence-electron chi connectivity index (χ1n) is 6.68. The lowest BCUT2D eigenvalue weighted by Crippen LogP contribution is -2.45. The summed E-state index contributed by atoms with van der Waals surface area (Å²) in [5, 5.41) is 0. The Hall–Kier alpha value is -0.360. The summed E-state index contributed by atoms with van der Waals surface area (Å²) in [7, 11) is 2.79. The minimum Gasteiger partial charge on any atom is -0.304 e. The van der Waals surface area contributed by atoms with Crippen LogP contribution in [0, 0.1) is 6.92 Å². The Balaban J connectivity index is 1.70. The van der Waals surface area contributed by atoms with Gasteiger partial charge in [-0.3, -0.25) is 4.90 Å². The molecule has 0 bridgehead atoms. The summed E-state index contributed by atoms with van der Waals surface area (Å²) < 4.78 is 12.1. The van der Waals surface area contributed by atoms with Crippen LogP contribution in [0.3, 0.4) is 0 Å². The van der Waals surface area contributed by atoms with Crippen LogP contribution in [0.15, 0.2) is 29.2 Å². The van der Waals surface area contributed by atoms with E-state index < -0.39 is 9.83 Å². The van der Waals surface area contributed by atoms with Crippen molar-refractivity contribution in [3.63, 3.8) is 0 Å². The van der Waals surface area contributed by atoms with Gasteiger partial charge in [0.05, 0.1) is 0 Å². The monoisotopic (exact) mass is 298 g/mol. The third-order valence-corrected chi connectivity index (χ3v) is 6.35. The highest BCUT2D eigenvalue weighted by Crippen LogP contribution is 2.19. The van der Waals surface area contributed by atoms with Crippen LogP contribution >= 0.6 is 10.8 Å². The largest absolute Gasteiger partial charge is 0.304 e. The van der Waals surface area contributed by atoms with Gasteiger partial charge in [-0.15, -0.1) is 0 Å². The molecule has 1 saturated heterocycles. The minimum atomic E-state index is -0.923. The van der Waals surface area contributed by atoms with E-state index in [1.165, 1.54) is 5.56 Å². The Morgan fingerprint density at radius 3 is 2.42 bits per heavy atom. The van der Waals surface area contributed by atoms with Gasteiger partial charge >= 0.3 is 0 Å². The molecular weight excluding hydrogens is 276 g/mol. The van der Waals surface area contributed by atoms with Gasteiger partial charge in [0.2, 0.25) is 0 Å². The van der Waals surface area contributed by atoms with Gasteiger partial charge in [0.15, 0.2) is 0 Å². The van der Waals surface area contributed by atoms with Gasteiger partial charge in [-0.1, -0.05) is 28.5 Å². The van der Waals surface area contributed by atoms with Crippen molar-refractivity contribution in [2.75, 3.05) is 45.5 Å². The maximum Gasteiger partial charge on any atom is 0.113 e. The average Bonchev–Trinajstić information content (AvgIpc) is 2.41. The molecule has 0 N–H and O–H groups in total. The molecule has 1 aliphatic rings. The highest BCUT2D eigenvalue weighted by molar-refractivity contribution is 8.69. The molecule has 1 aromatic carbocycles. The molecule has 0 aromatic heterocycles. The molecule has 106 valence electrons. The number of benzene rings is 1. The smallest absolute Gasteiger partial charge is 0.113 e. The van der Waals surface area contributed by atoms with Crippen LogP contribution in [-0.2, 0) is 9.83 Å². The number of rotatable bonds is 5. The van der Waals surface area contributed by atoms with Crippen LogP contribution in [-0.4, -0.2) is 59.5 Å². The number of hydrogen-bond donors (Lipinski definition) is 0. The third kappa shape index (κ3) is 4.91. The van der Waals surface area contributed by atoms with Crippen molar-refractivity contribution in [2.24, 2.45) is 0 Å². The fraction of sp³-hybridized carbons (Fsp3) is 0.571. The predicted octanol–water partition coefficient (Wildman–Crippen LogP) is 2.00.